The number of para-hydroxylation sites is 2. The molecule has 3 aliphatic carbocycles. The average Bonchev–Trinajstić information content (AvgIpc) is 3.28. The Morgan fingerprint density at radius 2 is 1.62 bits per heavy atom. The average molecular weight is 498 g/mol. The summed E-state index contributed by atoms with van der Waals surface area (Å²) in [6.07, 6.45) is 10.5. The normalized spacial score (nSPS) is 36.4. The number of benzene rings is 2. The molecule has 3 fully saturated rings. The number of hydrogen-bond acceptors (Lipinski definition) is 3. The van der Waals surface area contributed by atoms with Gasteiger partial charge in [0, 0.05) is 24.4 Å². The van der Waals surface area contributed by atoms with Gasteiger partial charge in [-0.15, -0.1) is 0 Å². The summed E-state index contributed by atoms with van der Waals surface area (Å²) in [4.78, 5) is 28.7. The minimum atomic E-state index is -0.00783. The van der Waals surface area contributed by atoms with Gasteiger partial charge in [-0.3, -0.25) is 15.0 Å². The molecule has 37 heavy (non-hydrogen) atoms. The molecule has 0 bridgehead atoms. The third-order valence-electron chi connectivity index (χ3n) is 10.7. The number of fused-ring (bicyclic) bond motifs is 5. The van der Waals surface area contributed by atoms with Gasteiger partial charge in [0.1, 0.15) is 0 Å². The van der Waals surface area contributed by atoms with Crippen molar-refractivity contribution in [2.45, 2.75) is 58.4 Å². The van der Waals surface area contributed by atoms with E-state index >= 15 is 0 Å². The lowest BCUT2D eigenvalue weighted by Crippen LogP contribution is -2.60. The first kappa shape index (κ1) is 24.3. The van der Waals surface area contributed by atoms with E-state index in [0.717, 1.165) is 49.9 Å². The summed E-state index contributed by atoms with van der Waals surface area (Å²) in [5.41, 5.74) is 5.24. The van der Waals surface area contributed by atoms with Crippen LogP contribution in [0.25, 0.3) is 0 Å². The van der Waals surface area contributed by atoms with Crippen LogP contribution < -0.4 is 10.4 Å². The van der Waals surface area contributed by atoms with E-state index in [2.05, 4.69) is 25.3 Å². The van der Waals surface area contributed by atoms with E-state index in [1.54, 1.807) is 11.1 Å². The van der Waals surface area contributed by atoms with E-state index < -0.39 is 0 Å². The maximum Gasteiger partial charge on any atom is 0.249 e. The van der Waals surface area contributed by atoms with Crippen molar-refractivity contribution in [1.29, 1.82) is 0 Å². The van der Waals surface area contributed by atoms with Gasteiger partial charge in [-0.1, -0.05) is 56.3 Å². The second kappa shape index (κ2) is 9.04. The number of carbonyl (C=O) groups excluding carboxylic acids is 2. The first-order valence-electron chi connectivity index (χ1n) is 14.0. The maximum absolute atomic E-state index is 14.3. The van der Waals surface area contributed by atoms with Crippen LogP contribution in [0.4, 0.5) is 11.4 Å². The molecular weight excluding hydrogens is 458 g/mol. The molecule has 1 N–H and O–H groups in total. The molecule has 0 aromatic heterocycles. The van der Waals surface area contributed by atoms with Crippen LogP contribution in [0.2, 0.25) is 0 Å². The highest BCUT2D eigenvalue weighted by molar-refractivity contribution is 5.97. The fraction of sp³-hybridized carbons (Fsp3) is 0.500. The second-order valence-corrected chi connectivity index (χ2v) is 12.3. The monoisotopic (exact) mass is 497 g/mol. The van der Waals surface area contributed by atoms with Crippen LogP contribution in [0.5, 0.6) is 0 Å². The van der Waals surface area contributed by atoms with Crippen molar-refractivity contribution in [2.24, 2.45) is 34.5 Å². The molecule has 2 aromatic rings. The maximum atomic E-state index is 14.3. The highest BCUT2D eigenvalue weighted by atomic mass is 16.2. The van der Waals surface area contributed by atoms with Crippen LogP contribution >= 0.6 is 0 Å². The van der Waals surface area contributed by atoms with Gasteiger partial charge < -0.3 is 4.90 Å². The van der Waals surface area contributed by atoms with Crippen molar-refractivity contribution < 1.29 is 9.59 Å². The molecule has 5 nitrogen and oxygen atoms in total. The Hall–Kier alpha value is -3.08. The molecule has 0 unspecified atom stereocenters. The number of nitrogens with one attached hydrogen (secondary N) is 1. The number of hydrogen-bond donors (Lipinski definition) is 1. The van der Waals surface area contributed by atoms with Crippen LogP contribution in [0.1, 0.15) is 52.4 Å². The predicted molar refractivity (Wildman–Crippen MR) is 148 cm³/mol. The highest BCUT2D eigenvalue weighted by Gasteiger charge is 2.61. The number of amides is 2. The minimum Gasteiger partial charge on any atom is -0.338 e. The Balaban J connectivity index is 1.28. The number of nitrogens with zero attached hydrogens (tertiary/aromatic N) is 2. The molecule has 2 aromatic carbocycles. The van der Waals surface area contributed by atoms with E-state index in [-0.39, 0.29) is 34.6 Å². The fourth-order valence-electron chi connectivity index (χ4n) is 8.77. The molecule has 5 heteroatoms. The van der Waals surface area contributed by atoms with E-state index in [1.165, 1.54) is 0 Å². The summed E-state index contributed by atoms with van der Waals surface area (Å²) >= 11 is 0. The first-order valence-corrected chi connectivity index (χ1v) is 14.0. The highest BCUT2D eigenvalue weighted by Crippen LogP contribution is 2.65. The van der Waals surface area contributed by atoms with Gasteiger partial charge in [-0.25, -0.2) is 5.01 Å². The van der Waals surface area contributed by atoms with Crippen molar-refractivity contribution in [1.82, 2.24) is 4.90 Å². The zero-order valence-corrected chi connectivity index (χ0v) is 22.3. The Bertz CT molecular complexity index is 1200. The van der Waals surface area contributed by atoms with Crippen LogP contribution in [-0.2, 0) is 9.59 Å². The van der Waals surface area contributed by atoms with Gasteiger partial charge in [0.25, 0.3) is 0 Å². The predicted octanol–water partition coefficient (Wildman–Crippen LogP) is 6.30. The van der Waals surface area contributed by atoms with Crippen molar-refractivity contribution in [3.8, 4) is 0 Å². The molecular formula is C32H39N3O2. The summed E-state index contributed by atoms with van der Waals surface area (Å²) in [7, 11) is 1.98. The zero-order chi connectivity index (χ0) is 25.8. The lowest BCUT2D eigenvalue weighted by Gasteiger charge is -2.60. The van der Waals surface area contributed by atoms with Gasteiger partial charge in [-0.05, 0) is 92.0 Å². The lowest BCUT2D eigenvalue weighted by molar-refractivity contribution is -0.141. The smallest absolute Gasteiger partial charge is 0.249 e. The fourth-order valence-corrected chi connectivity index (χ4v) is 8.77. The van der Waals surface area contributed by atoms with Crippen LogP contribution in [0, 0.1) is 34.5 Å². The minimum absolute atomic E-state index is 0.00700. The van der Waals surface area contributed by atoms with Crippen LogP contribution in [0.15, 0.2) is 72.8 Å². The van der Waals surface area contributed by atoms with Gasteiger partial charge in [0.2, 0.25) is 11.8 Å². The number of hydrazine groups is 1. The van der Waals surface area contributed by atoms with Gasteiger partial charge in [0.15, 0.2) is 0 Å². The molecule has 194 valence electrons. The molecule has 0 radical (unpaired) electrons. The van der Waals surface area contributed by atoms with Gasteiger partial charge in [0.05, 0.1) is 11.4 Å². The van der Waals surface area contributed by atoms with Crippen LogP contribution in [0.3, 0.4) is 0 Å². The molecule has 4 aliphatic rings. The Kier molecular flexibility index (Phi) is 5.93. The first-order chi connectivity index (χ1) is 17.8. The molecule has 3 saturated carbocycles. The zero-order valence-electron chi connectivity index (χ0n) is 22.3. The van der Waals surface area contributed by atoms with Gasteiger partial charge >= 0.3 is 0 Å². The Morgan fingerprint density at radius 3 is 2.35 bits per heavy atom. The molecule has 0 saturated heterocycles. The molecule has 1 aliphatic heterocycles. The Labute approximate surface area is 220 Å². The number of anilines is 2. The summed E-state index contributed by atoms with van der Waals surface area (Å²) < 4.78 is 0. The molecule has 0 spiro atoms. The largest absolute Gasteiger partial charge is 0.338 e. The standard InChI is InChI=1S/C32H39N3O2/c1-31-20-18-26-24(14-17-28-32(26,2)21-19-29(36)34(28)3)25(31)15-16-27(31)30(37)35(23-12-8-5-9-13-23)33-22-10-6-4-7-11-22/h4-13,19,21,24-28,33H,14-18,20H2,1-3H3/t24-,25-,26-,27+,28+,31-,32+/m0/s1. The Morgan fingerprint density at radius 1 is 0.919 bits per heavy atom. The third-order valence-corrected chi connectivity index (χ3v) is 10.7. The van der Waals surface area contributed by atoms with Crippen molar-refractivity contribution in [2.75, 3.05) is 17.5 Å². The second-order valence-electron chi connectivity index (χ2n) is 12.3. The lowest BCUT2D eigenvalue weighted by atomic mass is 9.47. The number of likely N-dealkylation sites (N-methyl/N-ethyl adjacent to an activating group) is 1. The van der Waals surface area contributed by atoms with E-state index in [1.807, 2.05) is 72.6 Å². The summed E-state index contributed by atoms with van der Waals surface area (Å²) in [5, 5.41) is 1.79. The third kappa shape index (κ3) is 3.81. The summed E-state index contributed by atoms with van der Waals surface area (Å²) in [5.74, 6) is 2.03. The summed E-state index contributed by atoms with van der Waals surface area (Å²) in [6, 6.07) is 20.3. The molecule has 6 rings (SSSR count). The van der Waals surface area contributed by atoms with Crippen molar-refractivity contribution >= 4 is 23.2 Å². The van der Waals surface area contributed by atoms with Crippen molar-refractivity contribution in [3.63, 3.8) is 0 Å². The van der Waals surface area contributed by atoms with Crippen LogP contribution in [-0.4, -0.2) is 29.8 Å². The molecule has 1 heterocycles. The quantitative estimate of drug-likeness (QED) is 0.504. The van der Waals surface area contributed by atoms with E-state index in [0.29, 0.717) is 17.8 Å². The topological polar surface area (TPSA) is 52.7 Å². The van der Waals surface area contributed by atoms with E-state index in [9.17, 15) is 9.59 Å². The number of carbonyl (C=O) groups is 2. The number of rotatable bonds is 4. The molecule has 2 amide bonds. The molecule has 7 atom stereocenters. The SMILES string of the molecule is CN1C(=O)C=C[C@]2(C)[C@H]3CC[C@]4(C)[C@@H](C(=O)N(Nc5ccccc5)c5ccccc5)CC[C@H]4[C@@H]3CC[C@@H]12. The van der Waals surface area contributed by atoms with Crippen molar-refractivity contribution in [3.05, 3.63) is 72.8 Å². The van der Waals surface area contributed by atoms with Gasteiger partial charge in [-0.2, -0.15) is 0 Å². The van der Waals surface area contributed by atoms with E-state index in [4.69, 9.17) is 0 Å². The summed E-state index contributed by atoms with van der Waals surface area (Å²) in [6.45, 7) is 4.78.